The number of piperidine rings is 1. The third-order valence-corrected chi connectivity index (χ3v) is 7.33. The van der Waals surface area contributed by atoms with E-state index in [1.54, 1.807) is 30.4 Å². The van der Waals surface area contributed by atoms with Crippen molar-refractivity contribution in [2.45, 2.75) is 38.0 Å². The van der Waals surface area contributed by atoms with Gasteiger partial charge in [0.2, 0.25) is 5.91 Å². The minimum atomic E-state index is -4.44. The maximum Gasteiger partial charge on any atom is 0.416 e. The Hall–Kier alpha value is -4.37. The molecule has 0 spiro atoms. The predicted octanol–water partition coefficient (Wildman–Crippen LogP) is 6.18. The molecule has 2 aliphatic rings. The van der Waals surface area contributed by atoms with E-state index < -0.39 is 29.7 Å². The monoisotopic (exact) mass is 561 g/mol. The lowest BCUT2D eigenvalue weighted by molar-refractivity contribution is -0.137. The number of nitrogens with one attached hydrogen (secondary N) is 2. The van der Waals surface area contributed by atoms with Crippen LogP contribution in [0.4, 0.5) is 30.2 Å². The smallest absolute Gasteiger partial charge is 0.383 e. The van der Waals surface area contributed by atoms with Crippen LogP contribution in [-0.2, 0) is 22.2 Å². The van der Waals surface area contributed by atoms with Crippen LogP contribution in [0.15, 0.2) is 85.0 Å². The molecule has 1 saturated heterocycles. The molecule has 6 nitrogen and oxygen atoms in total. The van der Waals surface area contributed by atoms with E-state index in [1.807, 2.05) is 24.3 Å². The third-order valence-electron chi connectivity index (χ3n) is 7.33. The average Bonchev–Trinajstić information content (AvgIpc) is 2.97. The average molecular weight is 562 g/mol. The number of amides is 2. The summed E-state index contributed by atoms with van der Waals surface area (Å²) in [5.41, 5.74) is 4.03. The van der Waals surface area contributed by atoms with Crippen molar-refractivity contribution in [3.63, 3.8) is 0 Å². The molecule has 3 aromatic carbocycles. The van der Waals surface area contributed by atoms with Crippen LogP contribution in [0.3, 0.4) is 0 Å². The summed E-state index contributed by atoms with van der Waals surface area (Å²) in [4.78, 5) is 26.9. The number of aliphatic hydroxyl groups excluding tert-OH is 1. The van der Waals surface area contributed by atoms with Crippen LogP contribution in [0, 0.1) is 0 Å². The fourth-order valence-corrected chi connectivity index (χ4v) is 5.15. The van der Waals surface area contributed by atoms with Crippen LogP contribution < -0.4 is 15.5 Å². The van der Waals surface area contributed by atoms with Crippen molar-refractivity contribution < 1.29 is 27.9 Å². The van der Waals surface area contributed by atoms with Crippen LogP contribution in [0.5, 0.6) is 0 Å². The van der Waals surface area contributed by atoms with Gasteiger partial charge in [-0.05, 0) is 72.4 Å². The van der Waals surface area contributed by atoms with E-state index in [9.17, 15) is 27.9 Å². The molecule has 1 fully saturated rings. The van der Waals surface area contributed by atoms with Crippen LogP contribution in [0.2, 0.25) is 0 Å². The van der Waals surface area contributed by atoms with Gasteiger partial charge in [0.25, 0.3) is 5.91 Å². The highest BCUT2D eigenvalue weighted by Crippen LogP contribution is 2.33. The summed E-state index contributed by atoms with van der Waals surface area (Å²) >= 11 is 0. The molecule has 0 bridgehead atoms. The second kappa shape index (κ2) is 12.0. The molecule has 3 aromatic rings. The van der Waals surface area contributed by atoms with Gasteiger partial charge in [-0.25, -0.2) is 0 Å². The summed E-state index contributed by atoms with van der Waals surface area (Å²) in [5.74, 6) is -0.931. The van der Waals surface area contributed by atoms with Gasteiger partial charge in [0.1, 0.15) is 6.10 Å². The largest absolute Gasteiger partial charge is 0.416 e. The molecular formula is C32H30F3N3O3. The standard InChI is InChI=1S/C32H30F3N3O3/c33-32(34,35)23-14-10-21(11-15-23)25(22-12-16-24(17-13-22)38-18-2-1-3-19-38)6-4-9-30(40)36-27-7-5-8-28-26(27)20-29(39)31(41)37-28/h4-17,29,39H,1-3,18-20H2,(H,36,40)(H,37,41). The number of alkyl halides is 3. The molecule has 2 aliphatic heterocycles. The number of carbonyl (C=O) groups excluding carboxylic acids is 2. The fraction of sp³-hybridized carbons (Fsp3) is 0.250. The van der Waals surface area contributed by atoms with E-state index >= 15 is 0 Å². The maximum absolute atomic E-state index is 13.2. The lowest BCUT2D eigenvalue weighted by Gasteiger charge is -2.29. The summed E-state index contributed by atoms with van der Waals surface area (Å²) in [7, 11) is 0. The number of halogens is 3. The van der Waals surface area contributed by atoms with Gasteiger partial charge >= 0.3 is 6.18 Å². The summed E-state index contributed by atoms with van der Waals surface area (Å²) in [6.07, 6.45) is 2.52. The number of rotatable bonds is 6. The molecule has 41 heavy (non-hydrogen) atoms. The van der Waals surface area contributed by atoms with Crippen molar-refractivity contribution in [3.8, 4) is 0 Å². The van der Waals surface area contributed by atoms with Crippen molar-refractivity contribution >= 4 is 34.4 Å². The van der Waals surface area contributed by atoms with Crippen molar-refractivity contribution in [3.05, 3.63) is 107 Å². The zero-order valence-electron chi connectivity index (χ0n) is 22.2. The molecule has 0 radical (unpaired) electrons. The number of fused-ring (bicyclic) bond motifs is 1. The Morgan fingerprint density at radius 2 is 1.61 bits per heavy atom. The number of allylic oxidation sites excluding steroid dienone is 2. The highest BCUT2D eigenvalue weighted by Gasteiger charge is 2.30. The van der Waals surface area contributed by atoms with E-state index in [2.05, 4.69) is 15.5 Å². The Balaban J connectivity index is 1.39. The molecule has 2 amide bonds. The van der Waals surface area contributed by atoms with Gasteiger partial charge in [-0.15, -0.1) is 0 Å². The minimum absolute atomic E-state index is 0.0761. The highest BCUT2D eigenvalue weighted by atomic mass is 19.4. The quantitative estimate of drug-likeness (QED) is 0.248. The van der Waals surface area contributed by atoms with Gasteiger partial charge in [-0.1, -0.05) is 42.5 Å². The molecule has 3 N–H and O–H groups in total. The molecule has 0 aromatic heterocycles. The molecule has 2 heterocycles. The van der Waals surface area contributed by atoms with E-state index in [-0.39, 0.29) is 6.42 Å². The lowest BCUT2D eigenvalue weighted by atomic mass is 9.96. The van der Waals surface area contributed by atoms with Gasteiger partial charge in [0.05, 0.1) is 5.56 Å². The van der Waals surface area contributed by atoms with Gasteiger partial charge in [0.15, 0.2) is 0 Å². The molecule has 1 atom stereocenters. The van der Waals surface area contributed by atoms with E-state index in [0.29, 0.717) is 28.1 Å². The van der Waals surface area contributed by atoms with E-state index in [1.165, 1.54) is 24.6 Å². The number of anilines is 3. The normalized spacial score (nSPS) is 17.8. The molecule has 9 heteroatoms. The Labute approximate surface area is 236 Å². The maximum atomic E-state index is 13.2. The fourth-order valence-electron chi connectivity index (χ4n) is 5.15. The second-order valence-electron chi connectivity index (χ2n) is 10.1. The Bertz CT molecular complexity index is 1470. The first-order valence-corrected chi connectivity index (χ1v) is 13.5. The first kappa shape index (κ1) is 28.2. The highest BCUT2D eigenvalue weighted by molar-refractivity contribution is 6.03. The van der Waals surface area contributed by atoms with Crippen LogP contribution in [-0.4, -0.2) is 36.1 Å². The Morgan fingerprint density at radius 1 is 0.951 bits per heavy atom. The second-order valence-corrected chi connectivity index (χ2v) is 10.1. The summed E-state index contributed by atoms with van der Waals surface area (Å²) in [5, 5.41) is 15.3. The molecular weight excluding hydrogens is 531 g/mol. The summed E-state index contributed by atoms with van der Waals surface area (Å²) < 4.78 is 39.5. The molecule has 1 unspecified atom stereocenters. The number of carbonyl (C=O) groups is 2. The SMILES string of the molecule is O=C(C=CC=C(c1ccc(N2CCCCC2)cc1)c1ccc(C(F)(F)F)cc1)Nc1cccc2c1CC(O)C(=O)N2. The zero-order chi connectivity index (χ0) is 29.0. The first-order chi connectivity index (χ1) is 19.7. The number of hydrogen-bond donors (Lipinski definition) is 3. The van der Waals surface area contributed by atoms with Gasteiger partial charge in [-0.3, -0.25) is 9.59 Å². The third kappa shape index (κ3) is 6.69. The van der Waals surface area contributed by atoms with E-state index in [4.69, 9.17) is 0 Å². The number of benzene rings is 3. The number of aliphatic hydroxyl groups is 1. The van der Waals surface area contributed by atoms with Gasteiger partial charge < -0.3 is 20.6 Å². The summed E-state index contributed by atoms with van der Waals surface area (Å²) in [6.45, 7) is 1.99. The van der Waals surface area contributed by atoms with Gasteiger partial charge in [0, 0.05) is 48.2 Å². The van der Waals surface area contributed by atoms with E-state index in [0.717, 1.165) is 49.3 Å². The summed E-state index contributed by atoms with van der Waals surface area (Å²) in [6, 6.07) is 17.9. The molecule has 212 valence electrons. The van der Waals surface area contributed by atoms with Crippen LogP contribution >= 0.6 is 0 Å². The predicted molar refractivity (Wildman–Crippen MR) is 154 cm³/mol. The minimum Gasteiger partial charge on any atom is -0.383 e. The lowest BCUT2D eigenvalue weighted by Crippen LogP contribution is -2.34. The van der Waals surface area contributed by atoms with Crippen molar-refractivity contribution in [1.82, 2.24) is 0 Å². The van der Waals surface area contributed by atoms with Crippen LogP contribution in [0.1, 0.15) is 41.5 Å². The van der Waals surface area contributed by atoms with Crippen molar-refractivity contribution in [2.75, 3.05) is 28.6 Å². The number of nitrogens with zero attached hydrogens (tertiary/aromatic N) is 1. The Morgan fingerprint density at radius 3 is 2.27 bits per heavy atom. The Kier molecular flexibility index (Phi) is 8.26. The topological polar surface area (TPSA) is 81.7 Å². The van der Waals surface area contributed by atoms with Crippen LogP contribution in [0.25, 0.3) is 5.57 Å². The number of hydrogen-bond acceptors (Lipinski definition) is 4. The van der Waals surface area contributed by atoms with Gasteiger partial charge in [-0.2, -0.15) is 13.2 Å². The van der Waals surface area contributed by atoms with Crippen molar-refractivity contribution in [1.29, 1.82) is 0 Å². The molecule has 5 rings (SSSR count). The first-order valence-electron chi connectivity index (χ1n) is 13.5. The zero-order valence-corrected chi connectivity index (χ0v) is 22.2. The molecule has 0 saturated carbocycles. The van der Waals surface area contributed by atoms with Crippen molar-refractivity contribution in [2.24, 2.45) is 0 Å². The molecule has 0 aliphatic carbocycles.